The summed E-state index contributed by atoms with van der Waals surface area (Å²) in [6.07, 6.45) is 0. The third-order valence-electron chi connectivity index (χ3n) is 3.69. The van der Waals surface area contributed by atoms with E-state index in [9.17, 15) is 5.11 Å². The summed E-state index contributed by atoms with van der Waals surface area (Å²) < 4.78 is 3.27. The number of hydrogen-bond donors (Lipinski definition) is 3. The quantitative estimate of drug-likeness (QED) is 0.425. The maximum absolute atomic E-state index is 9.69. The summed E-state index contributed by atoms with van der Waals surface area (Å²) in [5, 5.41) is 12.9. The first-order valence-electron chi connectivity index (χ1n) is 8.09. The lowest BCUT2D eigenvalue weighted by Crippen LogP contribution is -2.02. The number of aromatic nitrogens is 2. The maximum Gasteiger partial charge on any atom is 0.180 e. The Morgan fingerprint density at radius 2 is 1.42 bits per heavy atom. The zero-order valence-corrected chi connectivity index (χ0v) is 14.6. The van der Waals surface area contributed by atoms with Crippen molar-refractivity contribution >= 4 is 40.3 Å². The molecule has 0 bridgehead atoms. The Morgan fingerprint density at radius 3 is 2.15 bits per heavy atom. The zero-order chi connectivity index (χ0) is 17.8. The van der Waals surface area contributed by atoms with Crippen LogP contribution in [0.3, 0.4) is 0 Å². The monoisotopic (exact) mass is 360 g/mol. The lowest BCUT2D eigenvalue weighted by Gasteiger charge is -2.13. The molecule has 0 aliphatic rings. The SMILES string of the molecule is Oc1cccc(Nc2nc3ccccc3nc2NSc2ccccc2)c1. The Labute approximate surface area is 155 Å². The van der Waals surface area contributed by atoms with Gasteiger partial charge in [-0.25, -0.2) is 9.97 Å². The summed E-state index contributed by atoms with van der Waals surface area (Å²) in [7, 11) is 0. The predicted octanol–water partition coefficient (Wildman–Crippen LogP) is 5.20. The molecular weight excluding hydrogens is 344 g/mol. The molecule has 0 aliphatic heterocycles. The molecule has 3 N–H and O–H groups in total. The van der Waals surface area contributed by atoms with Crippen LogP contribution in [-0.4, -0.2) is 15.1 Å². The van der Waals surface area contributed by atoms with Gasteiger partial charge < -0.3 is 15.1 Å². The van der Waals surface area contributed by atoms with Gasteiger partial charge in [0.05, 0.1) is 11.0 Å². The van der Waals surface area contributed by atoms with Crippen molar-refractivity contribution in [3.8, 4) is 5.75 Å². The van der Waals surface area contributed by atoms with E-state index >= 15 is 0 Å². The minimum atomic E-state index is 0.192. The predicted molar refractivity (Wildman–Crippen MR) is 107 cm³/mol. The second-order valence-electron chi connectivity index (χ2n) is 5.60. The Morgan fingerprint density at radius 1 is 0.731 bits per heavy atom. The topological polar surface area (TPSA) is 70.1 Å². The molecule has 0 unspecified atom stereocenters. The number of benzene rings is 3. The Bertz CT molecular complexity index is 1040. The molecule has 1 aromatic heterocycles. The van der Waals surface area contributed by atoms with Crippen molar-refractivity contribution in [1.29, 1.82) is 0 Å². The molecule has 0 atom stereocenters. The molecule has 0 aliphatic carbocycles. The number of fused-ring (bicyclic) bond motifs is 1. The first-order chi connectivity index (χ1) is 12.8. The molecule has 0 fully saturated rings. The number of hydrogen-bond acceptors (Lipinski definition) is 6. The van der Waals surface area contributed by atoms with Crippen LogP contribution in [0.4, 0.5) is 17.3 Å². The number of aromatic hydroxyl groups is 1. The number of phenols is 1. The van der Waals surface area contributed by atoms with Gasteiger partial charge in [-0.2, -0.15) is 0 Å². The summed E-state index contributed by atoms with van der Waals surface area (Å²) in [6.45, 7) is 0. The first-order valence-corrected chi connectivity index (χ1v) is 8.90. The number of rotatable bonds is 5. The molecule has 4 aromatic rings. The van der Waals surface area contributed by atoms with E-state index in [4.69, 9.17) is 0 Å². The average Bonchev–Trinajstić information content (AvgIpc) is 2.67. The highest BCUT2D eigenvalue weighted by Gasteiger charge is 2.10. The largest absolute Gasteiger partial charge is 0.508 e. The van der Waals surface area contributed by atoms with E-state index < -0.39 is 0 Å². The van der Waals surface area contributed by atoms with E-state index in [1.54, 1.807) is 18.2 Å². The number of nitrogens with one attached hydrogen (secondary N) is 2. The van der Waals surface area contributed by atoms with Crippen LogP contribution in [0.1, 0.15) is 0 Å². The van der Waals surface area contributed by atoms with Gasteiger partial charge in [0.1, 0.15) is 5.75 Å². The summed E-state index contributed by atoms with van der Waals surface area (Å²) in [5.41, 5.74) is 2.35. The Balaban J connectivity index is 1.68. The fourth-order valence-corrected chi connectivity index (χ4v) is 3.12. The Kier molecular flexibility index (Phi) is 4.57. The van der Waals surface area contributed by atoms with E-state index in [0.29, 0.717) is 11.6 Å². The number of anilines is 3. The molecule has 26 heavy (non-hydrogen) atoms. The first kappa shape index (κ1) is 16.2. The third kappa shape index (κ3) is 3.70. The average molecular weight is 360 g/mol. The van der Waals surface area contributed by atoms with Gasteiger partial charge in [0.15, 0.2) is 11.6 Å². The Hall–Kier alpha value is -3.25. The van der Waals surface area contributed by atoms with E-state index in [1.807, 2.05) is 60.7 Å². The second kappa shape index (κ2) is 7.33. The van der Waals surface area contributed by atoms with E-state index in [0.717, 1.165) is 21.6 Å². The van der Waals surface area contributed by atoms with Crippen molar-refractivity contribution in [1.82, 2.24) is 9.97 Å². The van der Waals surface area contributed by atoms with Crippen LogP contribution in [0.25, 0.3) is 11.0 Å². The fraction of sp³-hybridized carbons (Fsp3) is 0. The van der Waals surface area contributed by atoms with Crippen LogP contribution in [0.15, 0.2) is 83.8 Å². The highest BCUT2D eigenvalue weighted by molar-refractivity contribution is 8.00. The highest BCUT2D eigenvalue weighted by atomic mass is 32.2. The van der Waals surface area contributed by atoms with Crippen LogP contribution in [0, 0.1) is 0 Å². The molecule has 3 aromatic carbocycles. The van der Waals surface area contributed by atoms with Crippen LogP contribution >= 0.6 is 11.9 Å². The molecule has 6 heteroatoms. The highest BCUT2D eigenvalue weighted by Crippen LogP contribution is 2.29. The molecule has 0 spiro atoms. The van der Waals surface area contributed by atoms with Gasteiger partial charge in [-0.05, 0) is 48.3 Å². The van der Waals surface area contributed by atoms with E-state index in [-0.39, 0.29) is 5.75 Å². The van der Waals surface area contributed by atoms with E-state index in [2.05, 4.69) is 20.0 Å². The molecule has 128 valence electrons. The van der Waals surface area contributed by atoms with Crippen molar-refractivity contribution in [2.24, 2.45) is 0 Å². The van der Waals surface area contributed by atoms with Crippen molar-refractivity contribution in [3.63, 3.8) is 0 Å². The van der Waals surface area contributed by atoms with Gasteiger partial charge in [-0.1, -0.05) is 36.4 Å². The molecule has 4 rings (SSSR count). The van der Waals surface area contributed by atoms with Crippen LogP contribution in [-0.2, 0) is 0 Å². The van der Waals surface area contributed by atoms with Crippen molar-refractivity contribution < 1.29 is 5.11 Å². The molecule has 0 radical (unpaired) electrons. The van der Waals surface area contributed by atoms with Crippen LogP contribution in [0.5, 0.6) is 5.75 Å². The van der Waals surface area contributed by atoms with Crippen molar-refractivity contribution in [3.05, 3.63) is 78.9 Å². The lowest BCUT2D eigenvalue weighted by atomic mass is 10.3. The number of nitrogens with zero attached hydrogens (tertiary/aromatic N) is 2. The minimum Gasteiger partial charge on any atom is -0.508 e. The standard InChI is InChI=1S/C20H16N4OS/c25-15-8-6-7-14(13-15)21-19-20(24-26-16-9-2-1-3-10-16)23-18-12-5-4-11-17(18)22-19/h1-13,25H,(H,21,22)(H,23,24). The van der Waals surface area contributed by atoms with Crippen molar-refractivity contribution in [2.45, 2.75) is 4.90 Å². The second-order valence-corrected chi connectivity index (χ2v) is 6.48. The van der Waals surface area contributed by atoms with Crippen LogP contribution < -0.4 is 10.0 Å². The van der Waals surface area contributed by atoms with Gasteiger partial charge in [-0.15, -0.1) is 0 Å². The summed E-state index contributed by atoms with van der Waals surface area (Å²) in [6, 6.07) is 24.6. The summed E-state index contributed by atoms with van der Waals surface area (Å²) >= 11 is 1.47. The molecule has 0 saturated carbocycles. The third-order valence-corrected chi connectivity index (χ3v) is 4.49. The summed E-state index contributed by atoms with van der Waals surface area (Å²) in [4.78, 5) is 10.4. The van der Waals surface area contributed by atoms with Gasteiger partial charge in [0.25, 0.3) is 0 Å². The normalized spacial score (nSPS) is 10.6. The molecular formula is C20H16N4OS. The fourth-order valence-electron chi connectivity index (χ4n) is 2.47. The van der Waals surface area contributed by atoms with Crippen LogP contribution in [0.2, 0.25) is 0 Å². The van der Waals surface area contributed by atoms with Gasteiger partial charge in [0, 0.05) is 16.6 Å². The smallest absolute Gasteiger partial charge is 0.180 e. The van der Waals surface area contributed by atoms with E-state index in [1.165, 1.54) is 11.9 Å². The molecule has 0 saturated heterocycles. The number of phenolic OH excluding ortho intramolecular Hbond substituents is 1. The van der Waals surface area contributed by atoms with Gasteiger partial charge >= 0.3 is 0 Å². The molecule has 0 amide bonds. The number of para-hydroxylation sites is 2. The zero-order valence-electron chi connectivity index (χ0n) is 13.8. The molecule has 5 nitrogen and oxygen atoms in total. The van der Waals surface area contributed by atoms with Gasteiger partial charge in [-0.3, -0.25) is 0 Å². The van der Waals surface area contributed by atoms with Gasteiger partial charge in [0.2, 0.25) is 0 Å². The molecule has 1 heterocycles. The maximum atomic E-state index is 9.69. The summed E-state index contributed by atoms with van der Waals surface area (Å²) in [5.74, 6) is 1.41. The lowest BCUT2D eigenvalue weighted by molar-refractivity contribution is 0.475. The minimum absolute atomic E-state index is 0.192. The van der Waals surface area contributed by atoms with Crippen molar-refractivity contribution in [2.75, 3.05) is 10.0 Å².